The monoisotopic (exact) mass is 224 g/mol. The number of ether oxygens (including phenoxy) is 2. The van der Waals surface area contributed by atoms with Gasteiger partial charge in [0.15, 0.2) is 0 Å². The van der Waals surface area contributed by atoms with Crippen LogP contribution < -0.4 is 0 Å². The summed E-state index contributed by atoms with van der Waals surface area (Å²) in [6.45, 7) is 4.91. The van der Waals surface area contributed by atoms with E-state index in [1.807, 2.05) is 0 Å². The van der Waals surface area contributed by atoms with Crippen LogP contribution in [0.1, 0.15) is 44.9 Å². The molecule has 3 unspecified atom stereocenters. The van der Waals surface area contributed by atoms with Crippen LogP contribution in [0.5, 0.6) is 0 Å². The maximum atomic E-state index is 5.98. The van der Waals surface area contributed by atoms with Gasteiger partial charge in [-0.2, -0.15) is 0 Å². The molecule has 0 spiro atoms. The first kappa shape index (κ1) is 12.0. The topological polar surface area (TPSA) is 18.5 Å². The Kier molecular flexibility index (Phi) is 4.70. The molecule has 0 heterocycles. The highest BCUT2D eigenvalue weighted by Gasteiger charge is 2.35. The summed E-state index contributed by atoms with van der Waals surface area (Å²) in [6, 6.07) is 0. The summed E-state index contributed by atoms with van der Waals surface area (Å²) in [6.07, 6.45) is 11.7. The van der Waals surface area contributed by atoms with Gasteiger partial charge in [0.2, 0.25) is 0 Å². The van der Waals surface area contributed by atoms with Crippen LogP contribution in [0.15, 0.2) is 12.8 Å². The molecule has 3 atom stereocenters. The molecular weight excluding hydrogens is 200 g/mol. The van der Waals surface area contributed by atoms with Crippen molar-refractivity contribution in [1.29, 1.82) is 0 Å². The lowest BCUT2D eigenvalue weighted by Gasteiger charge is -2.41. The Hall–Kier alpha value is -0.500. The molecule has 2 saturated carbocycles. The summed E-state index contributed by atoms with van der Waals surface area (Å²) < 4.78 is 11.1. The van der Waals surface area contributed by atoms with Gasteiger partial charge in [-0.25, -0.2) is 0 Å². The minimum atomic E-state index is 0.507. The minimum absolute atomic E-state index is 0.507. The maximum Gasteiger partial charge on any atom is 0.111 e. The Morgan fingerprint density at radius 1 is 1.00 bits per heavy atom. The molecule has 0 bridgehead atoms. The van der Waals surface area contributed by atoms with Crippen molar-refractivity contribution in [2.24, 2.45) is 11.8 Å². The second-order valence-corrected chi connectivity index (χ2v) is 5.09. The van der Waals surface area contributed by atoms with Crippen molar-refractivity contribution < 1.29 is 9.47 Å². The predicted molar refractivity (Wildman–Crippen MR) is 65.2 cm³/mol. The van der Waals surface area contributed by atoms with Gasteiger partial charge in [-0.05, 0) is 31.1 Å². The zero-order valence-electron chi connectivity index (χ0n) is 10.2. The van der Waals surface area contributed by atoms with Crippen molar-refractivity contribution in [2.75, 3.05) is 13.2 Å². The molecule has 0 aromatic carbocycles. The van der Waals surface area contributed by atoms with Crippen LogP contribution in [0.3, 0.4) is 0 Å². The molecule has 16 heavy (non-hydrogen) atoms. The van der Waals surface area contributed by atoms with Crippen molar-refractivity contribution in [3.63, 3.8) is 0 Å². The lowest BCUT2D eigenvalue weighted by molar-refractivity contribution is -0.0573. The highest BCUT2D eigenvalue weighted by Crippen LogP contribution is 2.41. The fourth-order valence-electron chi connectivity index (χ4n) is 3.42. The Morgan fingerprint density at radius 3 is 2.69 bits per heavy atom. The van der Waals surface area contributed by atoms with Gasteiger partial charge in [0, 0.05) is 0 Å². The highest BCUT2D eigenvalue weighted by molar-refractivity contribution is 4.85. The van der Waals surface area contributed by atoms with Crippen molar-refractivity contribution in [3.05, 3.63) is 12.8 Å². The number of hydrogen-bond acceptors (Lipinski definition) is 2. The smallest absolute Gasteiger partial charge is 0.111 e. The fourth-order valence-corrected chi connectivity index (χ4v) is 3.42. The van der Waals surface area contributed by atoms with E-state index in [1.165, 1.54) is 51.2 Å². The molecule has 2 heteroatoms. The normalized spacial score (nSPS) is 34.1. The van der Waals surface area contributed by atoms with Crippen LogP contribution in [0.4, 0.5) is 0 Å². The van der Waals surface area contributed by atoms with E-state index < -0.39 is 0 Å². The van der Waals surface area contributed by atoms with Gasteiger partial charge >= 0.3 is 0 Å². The number of rotatable bonds is 5. The molecule has 0 aromatic rings. The third-order valence-corrected chi connectivity index (χ3v) is 4.16. The second-order valence-electron chi connectivity index (χ2n) is 5.09. The summed E-state index contributed by atoms with van der Waals surface area (Å²) in [5.41, 5.74) is 0. The van der Waals surface area contributed by atoms with Crippen molar-refractivity contribution >= 4 is 0 Å². The van der Waals surface area contributed by atoms with E-state index in [-0.39, 0.29) is 0 Å². The van der Waals surface area contributed by atoms with E-state index in [4.69, 9.17) is 9.47 Å². The van der Waals surface area contributed by atoms with Gasteiger partial charge in [-0.15, -0.1) is 0 Å². The molecule has 0 aromatic heterocycles. The average molecular weight is 224 g/mol. The number of fused-ring (bicyclic) bond motifs is 1. The first-order valence-electron chi connectivity index (χ1n) is 6.76. The van der Waals surface area contributed by atoms with E-state index in [2.05, 4.69) is 6.58 Å². The van der Waals surface area contributed by atoms with Crippen LogP contribution >= 0.6 is 0 Å². The summed E-state index contributed by atoms with van der Waals surface area (Å²) in [5, 5.41) is 0. The van der Waals surface area contributed by atoms with Gasteiger partial charge in [-0.1, -0.05) is 32.3 Å². The molecule has 2 aliphatic carbocycles. The summed E-state index contributed by atoms with van der Waals surface area (Å²) >= 11 is 0. The third-order valence-electron chi connectivity index (χ3n) is 4.16. The van der Waals surface area contributed by atoms with E-state index in [0.29, 0.717) is 12.7 Å². The van der Waals surface area contributed by atoms with Gasteiger partial charge in [0.25, 0.3) is 0 Å². The number of hydrogen-bond donors (Lipinski definition) is 0. The van der Waals surface area contributed by atoms with E-state index >= 15 is 0 Å². The van der Waals surface area contributed by atoms with Crippen LogP contribution in [-0.2, 0) is 9.47 Å². The molecular formula is C14H24O2. The van der Waals surface area contributed by atoms with Gasteiger partial charge in [0.1, 0.15) is 6.61 Å². The SMILES string of the molecule is C=COCCOC1CCCC2CCCCC21. The van der Waals surface area contributed by atoms with Crippen LogP contribution in [-0.4, -0.2) is 19.3 Å². The second kappa shape index (κ2) is 6.29. The average Bonchev–Trinajstić information content (AvgIpc) is 2.35. The van der Waals surface area contributed by atoms with Gasteiger partial charge < -0.3 is 9.47 Å². The lowest BCUT2D eigenvalue weighted by Crippen LogP contribution is -2.37. The predicted octanol–water partition coefficient (Wildman–Crippen LogP) is 3.52. The molecule has 0 radical (unpaired) electrons. The molecule has 2 aliphatic rings. The highest BCUT2D eigenvalue weighted by atomic mass is 16.5. The van der Waals surface area contributed by atoms with E-state index in [0.717, 1.165) is 18.4 Å². The molecule has 0 saturated heterocycles. The van der Waals surface area contributed by atoms with Crippen molar-refractivity contribution in [3.8, 4) is 0 Å². The molecule has 0 amide bonds. The Bertz CT molecular complexity index is 213. The van der Waals surface area contributed by atoms with Crippen molar-refractivity contribution in [2.45, 2.75) is 51.0 Å². The molecule has 0 aliphatic heterocycles. The molecule has 2 rings (SSSR count). The zero-order valence-corrected chi connectivity index (χ0v) is 10.2. The van der Waals surface area contributed by atoms with E-state index in [9.17, 15) is 0 Å². The van der Waals surface area contributed by atoms with Crippen LogP contribution in [0.25, 0.3) is 0 Å². The molecule has 92 valence electrons. The summed E-state index contributed by atoms with van der Waals surface area (Å²) in [4.78, 5) is 0. The van der Waals surface area contributed by atoms with Crippen LogP contribution in [0.2, 0.25) is 0 Å². The van der Waals surface area contributed by atoms with Gasteiger partial charge in [0.05, 0.1) is 19.0 Å². The van der Waals surface area contributed by atoms with Crippen molar-refractivity contribution in [1.82, 2.24) is 0 Å². The lowest BCUT2D eigenvalue weighted by atomic mass is 9.69. The molecule has 2 nitrogen and oxygen atoms in total. The largest absolute Gasteiger partial charge is 0.499 e. The van der Waals surface area contributed by atoms with E-state index in [1.54, 1.807) is 0 Å². The standard InChI is InChI=1S/C14H24O2/c1-2-15-10-11-16-14-9-5-7-12-6-3-4-8-13(12)14/h2,12-14H,1,3-11H2. The fraction of sp³-hybridized carbons (Fsp3) is 0.857. The zero-order chi connectivity index (χ0) is 11.2. The Labute approximate surface area is 99.0 Å². The molecule has 0 N–H and O–H groups in total. The third kappa shape index (κ3) is 3.00. The summed E-state index contributed by atoms with van der Waals surface area (Å²) in [7, 11) is 0. The maximum absolute atomic E-state index is 5.98. The van der Waals surface area contributed by atoms with Crippen LogP contribution in [0, 0.1) is 11.8 Å². The first-order chi connectivity index (χ1) is 7.92. The Balaban J connectivity index is 1.76. The Morgan fingerprint density at radius 2 is 1.81 bits per heavy atom. The van der Waals surface area contributed by atoms with Gasteiger partial charge in [-0.3, -0.25) is 0 Å². The summed E-state index contributed by atoms with van der Waals surface area (Å²) in [5.74, 6) is 1.79. The molecule has 2 fully saturated rings. The quantitative estimate of drug-likeness (QED) is 0.525. The first-order valence-corrected chi connectivity index (χ1v) is 6.76. The minimum Gasteiger partial charge on any atom is -0.499 e.